The van der Waals surface area contributed by atoms with Crippen molar-refractivity contribution < 1.29 is 15.6 Å². The summed E-state index contributed by atoms with van der Waals surface area (Å²) in [4.78, 5) is 10.5. The maximum absolute atomic E-state index is 10.5. The van der Waals surface area contributed by atoms with Gasteiger partial charge in [0.05, 0.1) is 5.97 Å². The normalized spacial score (nSPS) is 14.9. The van der Waals surface area contributed by atoms with Gasteiger partial charge in [-0.3, -0.25) is 0 Å². The quantitative estimate of drug-likeness (QED) is 0.656. The van der Waals surface area contributed by atoms with Crippen molar-refractivity contribution in [1.29, 1.82) is 0 Å². The number of carbonyl (C=O) groups is 1. The molecule has 0 saturated heterocycles. The largest absolute Gasteiger partial charge is 0.544 e. The summed E-state index contributed by atoms with van der Waals surface area (Å²) in [5.74, 6) is -1.21. The third kappa shape index (κ3) is 2.29. The number of hydrogen-bond donors (Lipinski definition) is 1. The van der Waals surface area contributed by atoms with E-state index >= 15 is 0 Å². The highest BCUT2D eigenvalue weighted by atomic mass is 16.4. The molecule has 3 nitrogen and oxygen atoms in total. The van der Waals surface area contributed by atoms with E-state index in [1.165, 1.54) is 0 Å². The topological polar surface area (TPSA) is 67.8 Å². The molecule has 0 aliphatic carbocycles. The predicted molar refractivity (Wildman–Crippen MR) is 46.5 cm³/mol. The highest BCUT2D eigenvalue weighted by Gasteiger charge is 2.18. The molecule has 1 rings (SSSR count). The van der Waals surface area contributed by atoms with Crippen LogP contribution in [0.15, 0.2) is 30.3 Å². The van der Waals surface area contributed by atoms with Crippen LogP contribution in [0.25, 0.3) is 0 Å². The third-order valence-corrected chi connectivity index (χ3v) is 2.23. The number of quaternary nitrogens is 1. The second kappa shape index (κ2) is 4.05. The van der Waals surface area contributed by atoms with Crippen LogP contribution in [0.3, 0.4) is 0 Å². The number of rotatable bonds is 3. The van der Waals surface area contributed by atoms with E-state index in [4.69, 9.17) is 0 Å². The van der Waals surface area contributed by atoms with E-state index < -0.39 is 12.0 Å². The van der Waals surface area contributed by atoms with Gasteiger partial charge in [-0.25, -0.2) is 0 Å². The first-order chi connectivity index (χ1) is 6.13. The van der Waals surface area contributed by atoms with Gasteiger partial charge in [0.2, 0.25) is 0 Å². The van der Waals surface area contributed by atoms with Gasteiger partial charge in [-0.1, -0.05) is 37.3 Å². The van der Waals surface area contributed by atoms with Gasteiger partial charge < -0.3 is 15.6 Å². The average molecular weight is 179 g/mol. The molecule has 0 aliphatic rings. The first-order valence-corrected chi connectivity index (χ1v) is 4.22. The lowest BCUT2D eigenvalue weighted by Crippen LogP contribution is -2.70. The van der Waals surface area contributed by atoms with Crippen molar-refractivity contribution in [1.82, 2.24) is 0 Å². The highest BCUT2D eigenvalue weighted by molar-refractivity contribution is 5.70. The summed E-state index contributed by atoms with van der Waals surface area (Å²) in [6.07, 6.45) is 0. The lowest BCUT2D eigenvalue weighted by molar-refractivity contribution is -0.441. The van der Waals surface area contributed by atoms with Gasteiger partial charge in [0.15, 0.2) is 0 Å². The van der Waals surface area contributed by atoms with Crippen molar-refractivity contribution in [3.63, 3.8) is 0 Å². The fourth-order valence-electron chi connectivity index (χ4n) is 1.19. The zero-order valence-corrected chi connectivity index (χ0v) is 7.57. The molecule has 0 saturated carbocycles. The Bertz CT molecular complexity index is 284. The lowest BCUT2D eigenvalue weighted by Gasteiger charge is -2.17. The summed E-state index contributed by atoms with van der Waals surface area (Å²) in [5.41, 5.74) is 4.53. The van der Waals surface area contributed by atoms with Gasteiger partial charge in [0.1, 0.15) is 6.04 Å². The van der Waals surface area contributed by atoms with E-state index in [0.717, 1.165) is 5.56 Å². The van der Waals surface area contributed by atoms with Gasteiger partial charge in [-0.05, 0) is 5.56 Å². The monoisotopic (exact) mass is 179 g/mol. The molecule has 1 aromatic carbocycles. The predicted octanol–water partition coefficient (Wildman–Crippen LogP) is -0.849. The Morgan fingerprint density at radius 2 is 1.92 bits per heavy atom. The standard InChI is InChI=1S/C10H13NO2/c1-7(9(11)10(12)13)8-5-3-2-4-6-8/h2-7,9H,11H2,1H3,(H,12,13)/t7-,9-/m0/s1. The number of carboxylic acids is 1. The van der Waals surface area contributed by atoms with Crippen LogP contribution >= 0.6 is 0 Å². The van der Waals surface area contributed by atoms with Crippen molar-refractivity contribution in [3.8, 4) is 0 Å². The first kappa shape index (κ1) is 9.74. The van der Waals surface area contributed by atoms with E-state index in [0.29, 0.717) is 0 Å². The molecule has 0 aliphatic heterocycles. The van der Waals surface area contributed by atoms with Gasteiger partial charge in [-0.2, -0.15) is 0 Å². The van der Waals surface area contributed by atoms with Gasteiger partial charge in [0.25, 0.3) is 0 Å². The molecule has 1 aromatic rings. The number of benzene rings is 1. The summed E-state index contributed by atoms with van der Waals surface area (Å²) in [6, 6.07) is 8.76. The molecule has 3 heteroatoms. The lowest BCUT2D eigenvalue weighted by atomic mass is 9.94. The number of hydrogen-bond acceptors (Lipinski definition) is 2. The van der Waals surface area contributed by atoms with Crippen LogP contribution in [0.1, 0.15) is 18.4 Å². The van der Waals surface area contributed by atoms with Crippen molar-refractivity contribution in [3.05, 3.63) is 35.9 Å². The molecule has 13 heavy (non-hydrogen) atoms. The Labute approximate surface area is 77.2 Å². The zero-order valence-electron chi connectivity index (χ0n) is 7.57. The average Bonchev–Trinajstić information content (AvgIpc) is 2.17. The molecule has 0 bridgehead atoms. The summed E-state index contributed by atoms with van der Waals surface area (Å²) in [7, 11) is 0. The molecule has 0 radical (unpaired) electrons. The minimum atomic E-state index is -1.10. The van der Waals surface area contributed by atoms with E-state index in [9.17, 15) is 9.90 Å². The Balaban J connectivity index is 2.79. The van der Waals surface area contributed by atoms with Crippen LogP contribution in [-0.2, 0) is 4.79 Å². The molecule has 2 atom stereocenters. The fourth-order valence-corrected chi connectivity index (χ4v) is 1.19. The molecular weight excluding hydrogens is 166 g/mol. The van der Waals surface area contributed by atoms with Crippen LogP contribution in [-0.4, -0.2) is 12.0 Å². The minimum absolute atomic E-state index is 0.105. The van der Waals surface area contributed by atoms with Crippen LogP contribution < -0.4 is 10.8 Å². The number of carboxylic acid groups (broad SMARTS) is 1. The summed E-state index contributed by atoms with van der Waals surface area (Å²) in [5, 5.41) is 10.5. The van der Waals surface area contributed by atoms with Crippen LogP contribution in [0.2, 0.25) is 0 Å². The first-order valence-electron chi connectivity index (χ1n) is 4.22. The summed E-state index contributed by atoms with van der Waals surface area (Å²) < 4.78 is 0. The molecule has 0 unspecified atom stereocenters. The van der Waals surface area contributed by atoms with Gasteiger partial charge >= 0.3 is 0 Å². The van der Waals surface area contributed by atoms with Crippen molar-refractivity contribution in [2.24, 2.45) is 0 Å². The summed E-state index contributed by atoms with van der Waals surface area (Å²) >= 11 is 0. The SMILES string of the molecule is C[C@@H](c1ccccc1)[C@H]([NH3+])C(=O)[O-]. The zero-order chi connectivity index (χ0) is 9.84. The minimum Gasteiger partial charge on any atom is -0.544 e. The number of aliphatic carboxylic acids is 1. The molecule has 3 N–H and O–H groups in total. The Kier molecular flexibility index (Phi) is 3.03. The molecule has 0 fully saturated rings. The molecule has 0 amide bonds. The molecule has 0 heterocycles. The molecule has 0 spiro atoms. The van der Waals surface area contributed by atoms with Crippen LogP contribution in [0.5, 0.6) is 0 Å². The van der Waals surface area contributed by atoms with Gasteiger partial charge in [0, 0.05) is 5.92 Å². The maximum Gasteiger partial charge on any atom is 0.131 e. The summed E-state index contributed by atoms with van der Waals surface area (Å²) in [6.45, 7) is 1.84. The second-order valence-electron chi connectivity index (χ2n) is 3.12. The van der Waals surface area contributed by atoms with E-state index in [1.807, 2.05) is 37.3 Å². The second-order valence-corrected chi connectivity index (χ2v) is 3.12. The Morgan fingerprint density at radius 1 is 1.38 bits per heavy atom. The third-order valence-electron chi connectivity index (χ3n) is 2.23. The van der Waals surface area contributed by atoms with Crippen LogP contribution in [0, 0.1) is 0 Å². The van der Waals surface area contributed by atoms with E-state index in [2.05, 4.69) is 5.73 Å². The maximum atomic E-state index is 10.5. The highest BCUT2D eigenvalue weighted by Crippen LogP contribution is 2.15. The molecule has 70 valence electrons. The smallest absolute Gasteiger partial charge is 0.131 e. The Morgan fingerprint density at radius 3 is 2.38 bits per heavy atom. The van der Waals surface area contributed by atoms with E-state index in [1.54, 1.807) is 0 Å². The number of carbonyl (C=O) groups excluding carboxylic acids is 1. The van der Waals surface area contributed by atoms with Crippen molar-refractivity contribution in [2.45, 2.75) is 18.9 Å². The van der Waals surface area contributed by atoms with E-state index in [-0.39, 0.29) is 5.92 Å². The van der Waals surface area contributed by atoms with Crippen molar-refractivity contribution in [2.75, 3.05) is 0 Å². The molecular formula is C10H13NO2. The molecule has 0 aromatic heterocycles. The fraction of sp³-hybridized carbons (Fsp3) is 0.300. The van der Waals surface area contributed by atoms with Crippen molar-refractivity contribution >= 4 is 5.97 Å². The Hall–Kier alpha value is -1.35. The van der Waals surface area contributed by atoms with Gasteiger partial charge in [-0.15, -0.1) is 0 Å². The van der Waals surface area contributed by atoms with Crippen LogP contribution in [0.4, 0.5) is 0 Å².